The first-order chi connectivity index (χ1) is 8.56. The molecule has 1 aromatic carbocycles. The summed E-state index contributed by atoms with van der Waals surface area (Å²) in [5.41, 5.74) is 0.974. The first-order valence-electron chi connectivity index (χ1n) is 5.86. The van der Waals surface area contributed by atoms with Gasteiger partial charge >= 0.3 is 0 Å². The standard InChI is InChI=1S/C13H14BrClINO/c14-6-5-13(3-4-13)8-17-12(18)9-1-2-11(16)10(15)7-9/h1-2,7H,3-6,8H2,(H,17,18). The molecule has 98 valence electrons. The molecule has 0 heterocycles. The Bertz CT molecular complexity index is 462. The highest BCUT2D eigenvalue weighted by atomic mass is 127. The number of alkyl halides is 1. The maximum atomic E-state index is 12.0. The van der Waals surface area contributed by atoms with Crippen molar-refractivity contribution in [1.82, 2.24) is 5.32 Å². The second-order valence-corrected chi connectivity index (χ2v) is 7.11. The van der Waals surface area contributed by atoms with Crippen molar-refractivity contribution < 1.29 is 4.79 Å². The third kappa shape index (κ3) is 3.61. The molecular weight excluding hydrogens is 428 g/mol. The summed E-state index contributed by atoms with van der Waals surface area (Å²) >= 11 is 11.6. The normalized spacial score (nSPS) is 16.4. The number of carbonyl (C=O) groups excluding carboxylic acids is 1. The van der Waals surface area contributed by atoms with Gasteiger partial charge in [0.1, 0.15) is 0 Å². The van der Waals surface area contributed by atoms with Gasteiger partial charge in [-0.05, 0) is 65.5 Å². The summed E-state index contributed by atoms with van der Waals surface area (Å²) in [6.45, 7) is 0.765. The Labute approximate surface area is 134 Å². The van der Waals surface area contributed by atoms with Crippen molar-refractivity contribution >= 4 is 56.0 Å². The number of nitrogens with one attached hydrogen (secondary N) is 1. The Balaban J connectivity index is 1.93. The minimum atomic E-state index is -0.0332. The Morgan fingerprint density at radius 2 is 2.22 bits per heavy atom. The molecular formula is C13H14BrClINO. The van der Waals surface area contributed by atoms with Crippen LogP contribution in [0.4, 0.5) is 0 Å². The lowest BCUT2D eigenvalue weighted by Gasteiger charge is -2.14. The average Bonchev–Trinajstić information content (AvgIpc) is 3.11. The van der Waals surface area contributed by atoms with Crippen LogP contribution < -0.4 is 5.32 Å². The molecule has 0 saturated heterocycles. The van der Waals surface area contributed by atoms with E-state index in [4.69, 9.17) is 11.6 Å². The van der Waals surface area contributed by atoms with Crippen molar-refractivity contribution in [2.45, 2.75) is 19.3 Å². The van der Waals surface area contributed by atoms with E-state index in [1.165, 1.54) is 12.8 Å². The molecule has 1 aliphatic carbocycles. The van der Waals surface area contributed by atoms with E-state index >= 15 is 0 Å². The molecule has 1 fully saturated rings. The van der Waals surface area contributed by atoms with Gasteiger partial charge in [-0.25, -0.2) is 0 Å². The molecule has 0 radical (unpaired) electrons. The third-order valence-electron chi connectivity index (χ3n) is 3.39. The predicted octanol–water partition coefficient (Wildman–Crippen LogP) is 4.24. The zero-order chi connectivity index (χ0) is 13.2. The molecule has 0 spiro atoms. The summed E-state index contributed by atoms with van der Waals surface area (Å²) in [4.78, 5) is 12.0. The van der Waals surface area contributed by atoms with Gasteiger partial charge in [0.05, 0.1) is 5.02 Å². The van der Waals surface area contributed by atoms with Crippen molar-refractivity contribution in [2.75, 3.05) is 11.9 Å². The maximum absolute atomic E-state index is 12.0. The van der Waals surface area contributed by atoms with Crippen LogP contribution in [0.5, 0.6) is 0 Å². The van der Waals surface area contributed by atoms with Crippen LogP contribution in [0.1, 0.15) is 29.6 Å². The van der Waals surface area contributed by atoms with E-state index in [9.17, 15) is 4.79 Å². The van der Waals surface area contributed by atoms with E-state index in [1.54, 1.807) is 6.07 Å². The van der Waals surface area contributed by atoms with Crippen molar-refractivity contribution in [1.29, 1.82) is 0 Å². The number of rotatable bonds is 5. The Kier molecular flexibility index (Phi) is 4.94. The predicted molar refractivity (Wildman–Crippen MR) is 86.6 cm³/mol. The van der Waals surface area contributed by atoms with Gasteiger partial charge in [-0.2, -0.15) is 0 Å². The van der Waals surface area contributed by atoms with E-state index in [1.807, 2.05) is 12.1 Å². The highest BCUT2D eigenvalue weighted by Crippen LogP contribution is 2.48. The summed E-state index contributed by atoms with van der Waals surface area (Å²) in [7, 11) is 0. The number of halogens is 3. The first kappa shape index (κ1) is 14.6. The smallest absolute Gasteiger partial charge is 0.251 e. The molecule has 1 amide bonds. The Hall–Kier alpha value is 0.190. The number of amides is 1. The molecule has 1 N–H and O–H groups in total. The molecule has 2 rings (SSSR count). The highest BCUT2D eigenvalue weighted by molar-refractivity contribution is 14.1. The topological polar surface area (TPSA) is 29.1 Å². The lowest BCUT2D eigenvalue weighted by atomic mass is 10.0. The first-order valence-corrected chi connectivity index (χ1v) is 8.43. The van der Waals surface area contributed by atoms with Crippen molar-refractivity contribution in [3.63, 3.8) is 0 Å². The molecule has 0 bridgehead atoms. The van der Waals surface area contributed by atoms with E-state index in [0.717, 1.165) is 21.9 Å². The second kappa shape index (κ2) is 6.09. The Morgan fingerprint density at radius 3 is 2.78 bits per heavy atom. The minimum absolute atomic E-state index is 0.0332. The summed E-state index contributed by atoms with van der Waals surface area (Å²) in [5.74, 6) is -0.0332. The monoisotopic (exact) mass is 441 g/mol. The molecule has 1 saturated carbocycles. The van der Waals surface area contributed by atoms with Gasteiger partial charge < -0.3 is 5.32 Å². The molecule has 1 aromatic rings. The van der Waals surface area contributed by atoms with Gasteiger partial charge in [0, 0.05) is 21.0 Å². The van der Waals surface area contributed by atoms with Gasteiger partial charge in [0.2, 0.25) is 0 Å². The van der Waals surface area contributed by atoms with Crippen molar-refractivity contribution in [3.8, 4) is 0 Å². The number of carbonyl (C=O) groups is 1. The van der Waals surface area contributed by atoms with E-state index < -0.39 is 0 Å². The zero-order valence-corrected chi connectivity index (χ0v) is 14.3. The molecule has 2 nitrogen and oxygen atoms in total. The molecule has 0 aromatic heterocycles. The third-order valence-corrected chi connectivity index (χ3v) is 5.36. The number of hydrogen-bond donors (Lipinski definition) is 1. The molecule has 0 atom stereocenters. The lowest BCUT2D eigenvalue weighted by Crippen LogP contribution is -2.30. The number of hydrogen-bond acceptors (Lipinski definition) is 1. The largest absolute Gasteiger partial charge is 0.351 e. The lowest BCUT2D eigenvalue weighted by molar-refractivity contribution is 0.0944. The fourth-order valence-corrected chi connectivity index (χ4v) is 3.26. The van der Waals surface area contributed by atoms with E-state index in [2.05, 4.69) is 43.8 Å². The maximum Gasteiger partial charge on any atom is 0.251 e. The molecule has 0 aliphatic heterocycles. The van der Waals surface area contributed by atoms with Gasteiger partial charge in [-0.15, -0.1) is 0 Å². The van der Waals surface area contributed by atoms with Gasteiger partial charge in [0.15, 0.2) is 0 Å². The average molecular weight is 443 g/mol. The summed E-state index contributed by atoms with van der Waals surface area (Å²) in [6.07, 6.45) is 3.55. The fourth-order valence-electron chi connectivity index (χ4n) is 1.90. The number of benzene rings is 1. The van der Waals surface area contributed by atoms with E-state index in [-0.39, 0.29) is 5.91 Å². The fraction of sp³-hybridized carbons (Fsp3) is 0.462. The van der Waals surface area contributed by atoms with Crippen LogP contribution in [0.25, 0.3) is 0 Å². The molecule has 0 unspecified atom stereocenters. The van der Waals surface area contributed by atoms with Gasteiger partial charge in [0.25, 0.3) is 5.91 Å². The van der Waals surface area contributed by atoms with Gasteiger partial charge in [-0.1, -0.05) is 27.5 Å². The van der Waals surface area contributed by atoms with Crippen LogP contribution in [-0.4, -0.2) is 17.8 Å². The van der Waals surface area contributed by atoms with E-state index in [0.29, 0.717) is 16.0 Å². The van der Waals surface area contributed by atoms with Crippen LogP contribution >= 0.6 is 50.1 Å². The molecule has 18 heavy (non-hydrogen) atoms. The highest BCUT2D eigenvalue weighted by Gasteiger charge is 2.41. The van der Waals surface area contributed by atoms with Crippen LogP contribution in [-0.2, 0) is 0 Å². The zero-order valence-electron chi connectivity index (χ0n) is 9.81. The minimum Gasteiger partial charge on any atom is -0.351 e. The molecule has 5 heteroatoms. The van der Waals surface area contributed by atoms with Gasteiger partial charge in [-0.3, -0.25) is 4.79 Å². The van der Waals surface area contributed by atoms with Crippen LogP contribution in [0.15, 0.2) is 18.2 Å². The van der Waals surface area contributed by atoms with Crippen LogP contribution in [0, 0.1) is 8.99 Å². The van der Waals surface area contributed by atoms with Crippen LogP contribution in [0.3, 0.4) is 0 Å². The van der Waals surface area contributed by atoms with Crippen LogP contribution in [0.2, 0.25) is 5.02 Å². The summed E-state index contributed by atoms with van der Waals surface area (Å²) in [6, 6.07) is 5.40. The Morgan fingerprint density at radius 1 is 1.50 bits per heavy atom. The summed E-state index contributed by atoms with van der Waals surface area (Å²) < 4.78 is 0.962. The molecule has 1 aliphatic rings. The quantitative estimate of drug-likeness (QED) is 0.537. The second-order valence-electron chi connectivity index (χ2n) is 4.75. The SMILES string of the molecule is O=C(NCC1(CCBr)CC1)c1ccc(I)c(Cl)c1. The van der Waals surface area contributed by atoms with Crippen molar-refractivity contribution in [2.24, 2.45) is 5.41 Å². The van der Waals surface area contributed by atoms with Crippen molar-refractivity contribution in [3.05, 3.63) is 32.4 Å². The summed E-state index contributed by atoms with van der Waals surface area (Å²) in [5, 5.41) is 4.64.